The van der Waals surface area contributed by atoms with Gasteiger partial charge in [-0.25, -0.2) is 4.99 Å². The molecule has 7 heteroatoms. The molecule has 1 aromatic carbocycles. The summed E-state index contributed by atoms with van der Waals surface area (Å²) in [4.78, 5) is 7.11. The van der Waals surface area contributed by atoms with Crippen LogP contribution in [0.4, 0.5) is 0 Å². The lowest BCUT2D eigenvalue weighted by atomic mass is 10.1. The lowest BCUT2D eigenvalue weighted by Crippen LogP contribution is -2.41. The van der Waals surface area contributed by atoms with Crippen LogP contribution in [0.15, 0.2) is 29.3 Å². The van der Waals surface area contributed by atoms with Gasteiger partial charge < -0.3 is 24.4 Å². The molecule has 0 saturated carbocycles. The van der Waals surface area contributed by atoms with Crippen molar-refractivity contribution >= 4 is 29.9 Å². The summed E-state index contributed by atoms with van der Waals surface area (Å²) in [6.07, 6.45) is 1.15. The highest BCUT2D eigenvalue weighted by Crippen LogP contribution is 2.19. The molecular formula is C20H34IN3O3. The van der Waals surface area contributed by atoms with Crippen LogP contribution >= 0.6 is 24.0 Å². The number of guanidine groups is 1. The molecule has 0 spiro atoms. The average molecular weight is 491 g/mol. The number of rotatable bonds is 9. The number of nitrogens with zero attached hydrogens (tertiary/aromatic N) is 2. The van der Waals surface area contributed by atoms with Crippen LogP contribution in [0.3, 0.4) is 0 Å². The Labute approximate surface area is 180 Å². The molecule has 1 N–H and O–H groups in total. The molecule has 2 atom stereocenters. The number of methoxy groups -OCH3 is 1. The zero-order chi connectivity index (χ0) is 18.8. The van der Waals surface area contributed by atoms with Crippen LogP contribution in [0, 0.1) is 5.92 Å². The smallest absolute Gasteiger partial charge is 0.194 e. The maximum absolute atomic E-state index is 5.95. The van der Waals surface area contributed by atoms with Crippen LogP contribution in [0.1, 0.15) is 27.2 Å². The van der Waals surface area contributed by atoms with Crippen molar-refractivity contribution in [3.8, 4) is 11.5 Å². The van der Waals surface area contributed by atoms with Crippen molar-refractivity contribution in [2.75, 3.05) is 46.5 Å². The summed E-state index contributed by atoms with van der Waals surface area (Å²) in [5, 5.41) is 3.40. The lowest BCUT2D eigenvalue weighted by molar-refractivity contribution is 0.114. The van der Waals surface area contributed by atoms with Gasteiger partial charge in [0.1, 0.15) is 17.6 Å². The van der Waals surface area contributed by atoms with E-state index in [0.717, 1.165) is 56.7 Å². The van der Waals surface area contributed by atoms with E-state index in [4.69, 9.17) is 19.2 Å². The van der Waals surface area contributed by atoms with Gasteiger partial charge in [-0.1, -0.05) is 0 Å². The van der Waals surface area contributed by atoms with Gasteiger partial charge in [-0.3, -0.25) is 0 Å². The Balaban J connectivity index is 0.00000364. The molecule has 27 heavy (non-hydrogen) atoms. The minimum Gasteiger partial charge on any atom is -0.497 e. The lowest BCUT2D eigenvalue weighted by Gasteiger charge is -2.22. The Bertz CT molecular complexity index is 554. The van der Waals surface area contributed by atoms with Crippen molar-refractivity contribution < 1.29 is 14.2 Å². The summed E-state index contributed by atoms with van der Waals surface area (Å²) in [6, 6.07) is 7.64. The van der Waals surface area contributed by atoms with Gasteiger partial charge in [-0.2, -0.15) is 0 Å². The Morgan fingerprint density at radius 1 is 1.26 bits per heavy atom. The van der Waals surface area contributed by atoms with Crippen LogP contribution < -0.4 is 14.8 Å². The van der Waals surface area contributed by atoms with E-state index in [9.17, 15) is 0 Å². The first-order valence-electron chi connectivity index (χ1n) is 9.57. The van der Waals surface area contributed by atoms with E-state index in [2.05, 4.69) is 17.1 Å². The number of hydrogen-bond acceptors (Lipinski definition) is 4. The first-order chi connectivity index (χ1) is 12.7. The third-order valence-corrected chi connectivity index (χ3v) is 4.37. The summed E-state index contributed by atoms with van der Waals surface area (Å²) < 4.78 is 16.7. The predicted molar refractivity (Wildman–Crippen MR) is 121 cm³/mol. The second-order valence-electron chi connectivity index (χ2n) is 6.56. The summed E-state index contributed by atoms with van der Waals surface area (Å²) >= 11 is 0. The number of ether oxygens (including phenoxy) is 3. The fraction of sp³-hybridized carbons (Fsp3) is 0.650. The number of nitrogens with one attached hydrogen (secondary N) is 1. The maximum Gasteiger partial charge on any atom is 0.194 e. The highest BCUT2D eigenvalue weighted by Gasteiger charge is 2.25. The Morgan fingerprint density at radius 3 is 2.59 bits per heavy atom. The standard InChI is InChI=1S/C20H33N3O3.HI/c1-5-21-20(23-12-11-17(14-23)15-25-6-2)22-13-16(3)26-19-9-7-18(24-4)8-10-19;/h7-10,16-17H,5-6,11-15H2,1-4H3,(H,21,22);1H. The SMILES string of the molecule is CCNC(=NCC(C)Oc1ccc(OC)cc1)N1CCC(COCC)C1.I. The predicted octanol–water partition coefficient (Wildman–Crippen LogP) is 3.40. The number of aliphatic imine (C=N–C) groups is 1. The van der Waals surface area contributed by atoms with E-state index in [1.165, 1.54) is 0 Å². The third kappa shape index (κ3) is 8.13. The molecule has 154 valence electrons. The van der Waals surface area contributed by atoms with Gasteiger partial charge in [0.05, 0.1) is 20.3 Å². The molecule has 1 aromatic rings. The highest BCUT2D eigenvalue weighted by molar-refractivity contribution is 14.0. The minimum atomic E-state index is -0.00104. The number of likely N-dealkylation sites (tertiary alicyclic amines) is 1. The van der Waals surface area contributed by atoms with Crippen molar-refractivity contribution in [3.05, 3.63) is 24.3 Å². The largest absolute Gasteiger partial charge is 0.497 e. The quantitative estimate of drug-likeness (QED) is 0.326. The minimum absolute atomic E-state index is 0. The fourth-order valence-corrected chi connectivity index (χ4v) is 3.01. The normalized spacial score (nSPS) is 18.0. The molecule has 1 aliphatic rings. The van der Waals surface area contributed by atoms with Crippen LogP contribution in [0.2, 0.25) is 0 Å². The molecule has 6 nitrogen and oxygen atoms in total. The van der Waals surface area contributed by atoms with Gasteiger partial charge in [0.25, 0.3) is 0 Å². The van der Waals surface area contributed by atoms with Gasteiger partial charge >= 0.3 is 0 Å². The number of benzene rings is 1. The Hall–Kier alpha value is -1.22. The molecule has 0 radical (unpaired) electrons. The topological polar surface area (TPSA) is 55.3 Å². The molecule has 1 saturated heterocycles. The summed E-state index contributed by atoms with van der Waals surface area (Å²) in [6.45, 7) is 11.3. The van der Waals surface area contributed by atoms with Crippen LogP contribution in [0.5, 0.6) is 11.5 Å². The second-order valence-corrected chi connectivity index (χ2v) is 6.56. The van der Waals surface area contributed by atoms with Crippen LogP contribution in [-0.4, -0.2) is 63.5 Å². The van der Waals surface area contributed by atoms with Gasteiger partial charge in [-0.15, -0.1) is 24.0 Å². The van der Waals surface area contributed by atoms with E-state index < -0.39 is 0 Å². The van der Waals surface area contributed by atoms with Gasteiger partial charge in [-0.05, 0) is 51.5 Å². The molecule has 1 fully saturated rings. The van der Waals surface area contributed by atoms with Crippen molar-refractivity contribution in [3.63, 3.8) is 0 Å². The van der Waals surface area contributed by atoms with E-state index in [1.54, 1.807) is 7.11 Å². The molecule has 0 aromatic heterocycles. The van der Waals surface area contributed by atoms with Gasteiger partial charge in [0.15, 0.2) is 5.96 Å². The summed E-state index contributed by atoms with van der Waals surface area (Å²) in [7, 11) is 1.66. The van der Waals surface area contributed by atoms with E-state index >= 15 is 0 Å². The van der Waals surface area contributed by atoms with Crippen LogP contribution in [0.25, 0.3) is 0 Å². The van der Waals surface area contributed by atoms with Crippen molar-refractivity contribution in [1.82, 2.24) is 10.2 Å². The first kappa shape index (κ1) is 23.8. The molecule has 1 aliphatic heterocycles. The average Bonchev–Trinajstić information content (AvgIpc) is 3.13. The number of halogens is 1. The van der Waals surface area contributed by atoms with E-state index in [1.807, 2.05) is 38.1 Å². The molecule has 0 bridgehead atoms. The Morgan fingerprint density at radius 2 is 1.96 bits per heavy atom. The maximum atomic E-state index is 5.95. The monoisotopic (exact) mass is 491 g/mol. The number of hydrogen-bond donors (Lipinski definition) is 1. The van der Waals surface area contributed by atoms with E-state index in [0.29, 0.717) is 12.5 Å². The second kappa shape index (κ2) is 13.0. The first-order valence-corrected chi connectivity index (χ1v) is 9.57. The summed E-state index contributed by atoms with van der Waals surface area (Å²) in [5.41, 5.74) is 0. The molecule has 2 unspecified atom stereocenters. The molecule has 1 heterocycles. The third-order valence-electron chi connectivity index (χ3n) is 4.37. The fourth-order valence-electron chi connectivity index (χ4n) is 3.01. The zero-order valence-electron chi connectivity index (χ0n) is 16.9. The van der Waals surface area contributed by atoms with Crippen molar-refractivity contribution in [2.45, 2.75) is 33.3 Å². The van der Waals surface area contributed by atoms with Gasteiger partial charge in [0.2, 0.25) is 0 Å². The van der Waals surface area contributed by atoms with Gasteiger partial charge in [0, 0.05) is 32.2 Å². The summed E-state index contributed by atoms with van der Waals surface area (Å²) in [5.74, 6) is 3.22. The zero-order valence-corrected chi connectivity index (χ0v) is 19.3. The Kier molecular flexibility index (Phi) is 11.5. The van der Waals surface area contributed by atoms with Crippen LogP contribution in [-0.2, 0) is 4.74 Å². The van der Waals surface area contributed by atoms with E-state index in [-0.39, 0.29) is 30.1 Å². The highest BCUT2D eigenvalue weighted by atomic mass is 127. The van der Waals surface area contributed by atoms with Crippen molar-refractivity contribution in [1.29, 1.82) is 0 Å². The molecule has 0 aliphatic carbocycles. The molecule has 0 amide bonds. The molecular weight excluding hydrogens is 457 g/mol. The van der Waals surface area contributed by atoms with Crippen molar-refractivity contribution in [2.24, 2.45) is 10.9 Å². The molecule has 2 rings (SSSR count).